The molecule has 0 saturated heterocycles. The van der Waals surface area contributed by atoms with Gasteiger partial charge in [-0.1, -0.05) is 49.6 Å². The zero-order valence-electron chi connectivity index (χ0n) is 17.9. The van der Waals surface area contributed by atoms with Gasteiger partial charge >= 0.3 is 11.9 Å². The smallest absolute Gasteiger partial charge is 0.338 e. The summed E-state index contributed by atoms with van der Waals surface area (Å²) in [6, 6.07) is 18.9. The number of carbonyl (C=O) groups is 2. The lowest BCUT2D eigenvalue weighted by Crippen LogP contribution is -2.02. The molecule has 3 aromatic rings. The Morgan fingerprint density at radius 1 is 0.848 bits per heavy atom. The van der Waals surface area contributed by atoms with Crippen LogP contribution in [-0.4, -0.2) is 11.9 Å². The number of hydrogen-bond donors (Lipinski definition) is 0. The van der Waals surface area contributed by atoms with E-state index in [9.17, 15) is 14.0 Å². The summed E-state index contributed by atoms with van der Waals surface area (Å²) < 4.78 is 29.7. The standard InChI is InChI=1S/C27H21FO5/c1-4-26(29)33-22-11-9-20(10-12-22)19-5-7-21(8-6-19)24-14-13-23(17-25(24)28)31-15-16-32-27(30)18(2)3/h4-17H,1-2H2,3H3. The van der Waals surface area contributed by atoms with Crippen molar-refractivity contribution in [2.75, 3.05) is 0 Å². The average molecular weight is 444 g/mol. The second kappa shape index (κ2) is 10.7. The molecule has 0 aliphatic rings. The van der Waals surface area contributed by atoms with Crippen LogP contribution in [-0.2, 0) is 14.3 Å². The molecule has 0 spiro atoms. The summed E-state index contributed by atoms with van der Waals surface area (Å²) in [7, 11) is 0. The summed E-state index contributed by atoms with van der Waals surface area (Å²) in [6.45, 7) is 8.35. The van der Waals surface area contributed by atoms with Crippen LogP contribution in [0, 0.1) is 5.82 Å². The highest BCUT2D eigenvalue weighted by Crippen LogP contribution is 2.29. The van der Waals surface area contributed by atoms with Crippen LogP contribution < -0.4 is 9.47 Å². The van der Waals surface area contributed by atoms with E-state index in [2.05, 4.69) is 13.2 Å². The van der Waals surface area contributed by atoms with Gasteiger partial charge in [0.1, 0.15) is 29.8 Å². The van der Waals surface area contributed by atoms with Crippen LogP contribution in [0.1, 0.15) is 6.92 Å². The first-order valence-electron chi connectivity index (χ1n) is 9.90. The van der Waals surface area contributed by atoms with Crippen molar-refractivity contribution in [2.24, 2.45) is 0 Å². The molecule has 5 nitrogen and oxygen atoms in total. The van der Waals surface area contributed by atoms with E-state index >= 15 is 0 Å². The van der Waals surface area contributed by atoms with Gasteiger partial charge in [-0.2, -0.15) is 0 Å². The van der Waals surface area contributed by atoms with Crippen molar-refractivity contribution in [1.82, 2.24) is 0 Å². The fourth-order valence-electron chi connectivity index (χ4n) is 2.82. The summed E-state index contributed by atoms with van der Waals surface area (Å²) >= 11 is 0. The van der Waals surface area contributed by atoms with Crippen LogP contribution in [0.4, 0.5) is 4.39 Å². The number of hydrogen-bond acceptors (Lipinski definition) is 5. The highest BCUT2D eigenvalue weighted by atomic mass is 19.1. The molecule has 0 fully saturated rings. The van der Waals surface area contributed by atoms with E-state index < -0.39 is 17.8 Å². The first-order valence-corrected chi connectivity index (χ1v) is 9.90. The molecule has 0 atom stereocenters. The van der Waals surface area contributed by atoms with Gasteiger partial charge in [0.25, 0.3) is 0 Å². The molecule has 0 bridgehead atoms. The first kappa shape index (κ1) is 23.2. The number of benzene rings is 3. The van der Waals surface area contributed by atoms with E-state index in [1.54, 1.807) is 24.3 Å². The maximum atomic E-state index is 14.6. The van der Waals surface area contributed by atoms with Crippen LogP contribution in [0.15, 0.2) is 104 Å². The van der Waals surface area contributed by atoms with Crippen LogP contribution in [0.2, 0.25) is 0 Å². The first-order chi connectivity index (χ1) is 15.9. The third-order valence-electron chi connectivity index (χ3n) is 4.49. The molecule has 0 aliphatic heterocycles. The molecule has 0 aromatic heterocycles. The quantitative estimate of drug-likeness (QED) is 0.179. The number of carbonyl (C=O) groups excluding carboxylic acids is 2. The van der Waals surface area contributed by atoms with Gasteiger partial charge < -0.3 is 14.2 Å². The number of rotatable bonds is 8. The van der Waals surface area contributed by atoms with Crippen molar-refractivity contribution < 1.29 is 28.2 Å². The van der Waals surface area contributed by atoms with Gasteiger partial charge in [0.2, 0.25) is 0 Å². The molecular weight excluding hydrogens is 423 g/mol. The molecule has 0 aliphatic carbocycles. The van der Waals surface area contributed by atoms with Crippen LogP contribution in [0.5, 0.6) is 11.5 Å². The second-order valence-corrected chi connectivity index (χ2v) is 6.94. The van der Waals surface area contributed by atoms with Crippen molar-refractivity contribution in [3.05, 3.63) is 110 Å². The predicted molar refractivity (Wildman–Crippen MR) is 124 cm³/mol. The molecule has 166 valence electrons. The van der Waals surface area contributed by atoms with E-state index in [0.717, 1.165) is 29.7 Å². The van der Waals surface area contributed by atoms with Crippen molar-refractivity contribution in [1.29, 1.82) is 0 Å². The molecule has 6 heteroatoms. The molecule has 3 aromatic carbocycles. The van der Waals surface area contributed by atoms with Gasteiger partial charge in [0, 0.05) is 23.3 Å². The minimum atomic E-state index is -0.577. The topological polar surface area (TPSA) is 61.8 Å². The molecule has 3 rings (SSSR count). The maximum absolute atomic E-state index is 14.6. The van der Waals surface area contributed by atoms with E-state index in [-0.39, 0.29) is 11.3 Å². The Labute approximate surface area is 191 Å². The van der Waals surface area contributed by atoms with Gasteiger partial charge in [-0.15, -0.1) is 0 Å². The van der Waals surface area contributed by atoms with Gasteiger partial charge in [0.15, 0.2) is 0 Å². The Balaban J connectivity index is 1.67. The number of ether oxygens (including phenoxy) is 3. The molecule has 0 amide bonds. The molecule has 0 unspecified atom stereocenters. The van der Waals surface area contributed by atoms with Gasteiger partial charge in [-0.25, -0.2) is 14.0 Å². The Hall–Kier alpha value is -4.45. The lowest BCUT2D eigenvalue weighted by atomic mass is 10.00. The lowest BCUT2D eigenvalue weighted by molar-refractivity contribution is -0.133. The van der Waals surface area contributed by atoms with Crippen LogP contribution in [0.25, 0.3) is 22.3 Å². The minimum Gasteiger partial charge on any atom is -0.462 e. The van der Waals surface area contributed by atoms with E-state index in [1.807, 2.05) is 36.4 Å². The van der Waals surface area contributed by atoms with E-state index in [1.165, 1.54) is 13.0 Å². The van der Waals surface area contributed by atoms with E-state index in [0.29, 0.717) is 16.9 Å². The van der Waals surface area contributed by atoms with Crippen molar-refractivity contribution in [2.45, 2.75) is 6.92 Å². The normalized spacial score (nSPS) is 10.5. The Bertz CT molecular complexity index is 1210. The van der Waals surface area contributed by atoms with Crippen molar-refractivity contribution in [3.63, 3.8) is 0 Å². The summed E-state index contributed by atoms with van der Waals surface area (Å²) in [4.78, 5) is 22.5. The molecule has 0 N–H and O–H groups in total. The summed E-state index contributed by atoms with van der Waals surface area (Å²) in [5, 5.41) is 0. The number of halogens is 1. The molecule has 33 heavy (non-hydrogen) atoms. The highest BCUT2D eigenvalue weighted by Gasteiger charge is 2.08. The third-order valence-corrected chi connectivity index (χ3v) is 4.49. The molecule has 0 heterocycles. The van der Waals surface area contributed by atoms with Crippen LogP contribution in [0.3, 0.4) is 0 Å². The Morgan fingerprint density at radius 2 is 1.42 bits per heavy atom. The maximum Gasteiger partial charge on any atom is 0.338 e. The van der Waals surface area contributed by atoms with E-state index in [4.69, 9.17) is 14.2 Å². The van der Waals surface area contributed by atoms with Gasteiger partial charge in [-0.3, -0.25) is 0 Å². The molecular formula is C27H21FO5. The highest BCUT2D eigenvalue weighted by molar-refractivity contribution is 5.87. The monoisotopic (exact) mass is 444 g/mol. The van der Waals surface area contributed by atoms with Crippen LogP contribution >= 0.6 is 0 Å². The van der Waals surface area contributed by atoms with Gasteiger partial charge in [0.05, 0.1) is 0 Å². The Morgan fingerprint density at radius 3 is 2.00 bits per heavy atom. The SMILES string of the molecule is C=CC(=O)Oc1ccc(-c2ccc(-c3ccc(OC=COC(=O)C(=C)C)cc3F)cc2)cc1. The number of esters is 2. The lowest BCUT2D eigenvalue weighted by Gasteiger charge is -2.08. The summed E-state index contributed by atoms with van der Waals surface area (Å²) in [5.74, 6) is -0.873. The molecule has 0 radical (unpaired) electrons. The summed E-state index contributed by atoms with van der Waals surface area (Å²) in [6.07, 6.45) is 3.31. The zero-order chi connectivity index (χ0) is 23.8. The summed E-state index contributed by atoms with van der Waals surface area (Å²) in [5.41, 5.74) is 3.22. The predicted octanol–water partition coefficient (Wildman–Crippen LogP) is 6.22. The second-order valence-electron chi connectivity index (χ2n) is 6.94. The average Bonchev–Trinajstić information content (AvgIpc) is 2.82. The molecule has 0 saturated carbocycles. The van der Waals surface area contributed by atoms with Crippen molar-refractivity contribution >= 4 is 11.9 Å². The fraction of sp³-hybridized carbons (Fsp3) is 0.0370. The van der Waals surface area contributed by atoms with Gasteiger partial charge in [-0.05, 0) is 47.9 Å². The third kappa shape index (κ3) is 6.27. The zero-order valence-corrected chi connectivity index (χ0v) is 17.9. The Kier molecular flexibility index (Phi) is 7.55. The fourth-order valence-corrected chi connectivity index (χ4v) is 2.82. The minimum absolute atomic E-state index is 0.257. The van der Waals surface area contributed by atoms with Crippen molar-refractivity contribution in [3.8, 4) is 33.8 Å². The largest absolute Gasteiger partial charge is 0.462 e.